The maximum atomic E-state index is 12.8. The third-order valence-electron chi connectivity index (χ3n) is 7.46. The molecule has 1 aromatic rings. The summed E-state index contributed by atoms with van der Waals surface area (Å²) in [6.07, 6.45) is 10.8. The first-order chi connectivity index (χ1) is 12.5. The lowest BCUT2D eigenvalue weighted by molar-refractivity contribution is -0.134. The number of aliphatic hydroxyl groups is 1. The zero-order chi connectivity index (χ0) is 18.4. The minimum Gasteiger partial charge on any atom is -0.383 e. The van der Waals surface area contributed by atoms with Gasteiger partial charge >= 0.3 is 0 Å². The lowest BCUT2D eigenvalue weighted by Crippen LogP contribution is -2.40. The Hall–Kier alpha value is -1.43. The van der Waals surface area contributed by atoms with Gasteiger partial charge < -0.3 is 10.0 Å². The predicted octanol–water partition coefficient (Wildman–Crippen LogP) is 3.03. The van der Waals surface area contributed by atoms with Crippen molar-refractivity contribution in [2.75, 3.05) is 13.1 Å². The van der Waals surface area contributed by atoms with Gasteiger partial charge in [0, 0.05) is 19.0 Å². The van der Waals surface area contributed by atoms with E-state index in [-0.39, 0.29) is 17.4 Å². The smallest absolute Gasteiger partial charge is 0.226 e. The number of carbonyl (C=O) groups excluding carboxylic acids is 1. The first-order valence-corrected chi connectivity index (χ1v) is 10.4. The fourth-order valence-corrected chi connectivity index (χ4v) is 5.18. The summed E-state index contributed by atoms with van der Waals surface area (Å²) in [6, 6.07) is 0.284. The highest BCUT2D eigenvalue weighted by Crippen LogP contribution is 2.58. The third kappa shape index (κ3) is 2.96. The average Bonchev–Trinajstić information content (AvgIpc) is 2.99. The summed E-state index contributed by atoms with van der Waals surface area (Å²) in [5, 5.41) is 19.2. The second-order valence-electron chi connectivity index (χ2n) is 8.71. The molecule has 0 unspecified atom stereocenters. The number of nitrogens with zero attached hydrogens (tertiary/aromatic N) is 4. The van der Waals surface area contributed by atoms with Crippen molar-refractivity contribution in [3.63, 3.8) is 0 Å². The lowest BCUT2D eigenvalue weighted by Gasteiger charge is -2.32. The van der Waals surface area contributed by atoms with Crippen LogP contribution in [0.25, 0.3) is 0 Å². The topological polar surface area (TPSA) is 71.2 Å². The van der Waals surface area contributed by atoms with Crippen LogP contribution in [0.5, 0.6) is 0 Å². The number of carbonyl (C=O) groups is 1. The van der Waals surface area contributed by atoms with Gasteiger partial charge in [0.15, 0.2) is 0 Å². The van der Waals surface area contributed by atoms with Crippen LogP contribution in [0.2, 0.25) is 0 Å². The van der Waals surface area contributed by atoms with Crippen molar-refractivity contribution < 1.29 is 9.90 Å². The molecule has 2 aliphatic carbocycles. The highest BCUT2D eigenvalue weighted by molar-refractivity contribution is 5.82. The number of likely N-dealkylation sites (tertiary alicyclic amines) is 1. The van der Waals surface area contributed by atoms with Gasteiger partial charge in [0.1, 0.15) is 11.3 Å². The Bertz CT molecular complexity index is 653. The van der Waals surface area contributed by atoms with Crippen molar-refractivity contribution >= 4 is 5.91 Å². The lowest BCUT2D eigenvalue weighted by atomic mass is 9.96. The standard InChI is InChI=1S/C20H32N4O2/c1-3-19(4-2)13-16(19)18(25)23-11-7-15(8-12-23)24-14-17(21-22-24)20(26)9-5-6-10-20/h14-16,26H,3-13H2,1-2H3/t16-/m1/s1. The summed E-state index contributed by atoms with van der Waals surface area (Å²) in [4.78, 5) is 14.9. The molecule has 1 atom stereocenters. The Kier molecular flexibility index (Phi) is 4.58. The van der Waals surface area contributed by atoms with Crippen molar-refractivity contribution in [1.29, 1.82) is 0 Å². The molecule has 2 saturated carbocycles. The van der Waals surface area contributed by atoms with Gasteiger partial charge in [-0.3, -0.25) is 4.79 Å². The number of amides is 1. The van der Waals surface area contributed by atoms with E-state index in [0.29, 0.717) is 5.91 Å². The van der Waals surface area contributed by atoms with Gasteiger partial charge in [0.25, 0.3) is 0 Å². The van der Waals surface area contributed by atoms with Crippen LogP contribution in [0.4, 0.5) is 0 Å². The molecule has 1 saturated heterocycles. The van der Waals surface area contributed by atoms with E-state index in [1.54, 1.807) is 0 Å². The van der Waals surface area contributed by atoms with Crippen molar-refractivity contribution in [2.24, 2.45) is 11.3 Å². The van der Waals surface area contributed by atoms with E-state index in [1.165, 1.54) is 0 Å². The second kappa shape index (κ2) is 6.63. The molecule has 6 nitrogen and oxygen atoms in total. The molecule has 144 valence electrons. The molecule has 0 radical (unpaired) electrons. The zero-order valence-electron chi connectivity index (χ0n) is 16.2. The fourth-order valence-electron chi connectivity index (χ4n) is 5.18. The molecule has 1 aromatic heterocycles. The van der Waals surface area contributed by atoms with Gasteiger partial charge in [0.05, 0.1) is 12.2 Å². The van der Waals surface area contributed by atoms with Crippen LogP contribution in [0.15, 0.2) is 6.20 Å². The molecule has 4 rings (SSSR count). The molecule has 1 aliphatic heterocycles. The van der Waals surface area contributed by atoms with Crippen LogP contribution in [0.3, 0.4) is 0 Å². The van der Waals surface area contributed by atoms with E-state index in [9.17, 15) is 9.90 Å². The van der Waals surface area contributed by atoms with Crippen LogP contribution in [0, 0.1) is 11.3 Å². The van der Waals surface area contributed by atoms with Crippen LogP contribution in [0.1, 0.15) is 83.4 Å². The monoisotopic (exact) mass is 360 g/mol. The Balaban J connectivity index is 1.34. The molecule has 0 aromatic carbocycles. The van der Waals surface area contributed by atoms with Gasteiger partial charge in [-0.15, -0.1) is 5.10 Å². The SMILES string of the molecule is CCC1(CC)C[C@@H]1C(=O)N1CCC(n2cc(C3(O)CCCC3)nn2)CC1. The maximum absolute atomic E-state index is 12.8. The largest absolute Gasteiger partial charge is 0.383 e. The molecule has 3 aliphatic rings. The Morgan fingerprint density at radius 1 is 1.23 bits per heavy atom. The van der Waals surface area contributed by atoms with Gasteiger partial charge in [-0.2, -0.15) is 0 Å². The minimum absolute atomic E-state index is 0.253. The summed E-state index contributed by atoms with van der Waals surface area (Å²) in [7, 11) is 0. The Morgan fingerprint density at radius 2 is 1.88 bits per heavy atom. The van der Waals surface area contributed by atoms with Gasteiger partial charge in [-0.1, -0.05) is 31.9 Å². The van der Waals surface area contributed by atoms with Crippen molar-refractivity contribution in [3.8, 4) is 0 Å². The summed E-state index contributed by atoms with van der Waals surface area (Å²) >= 11 is 0. The molecule has 0 bridgehead atoms. The van der Waals surface area contributed by atoms with Crippen molar-refractivity contribution in [3.05, 3.63) is 11.9 Å². The molecule has 3 fully saturated rings. The third-order valence-corrected chi connectivity index (χ3v) is 7.46. The van der Waals surface area contributed by atoms with E-state index in [0.717, 1.165) is 76.6 Å². The van der Waals surface area contributed by atoms with Crippen molar-refractivity contribution in [1.82, 2.24) is 19.9 Å². The number of rotatable bonds is 5. The average molecular weight is 361 g/mol. The van der Waals surface area contributed by atoms with E-state index in [2.05, 4.69) is 29.1 Å². The van der Waals surface area contributed by atoms with Gasteiger partial charge in [0.2, 0.25) is 5.91 Å². The van der Waals surface area contributed by atoms with Gasteiger partial charge in [-0.05, 0) is 50.4 Å². The van der Waals surface area contributed by atoms with Crippen LogP contribution in [-0.2, 0) is 10.4 Å². The summed E-state index contributed by atoms with van der Waals surface area (Å²) < 4.78 is 1.92. The Labute approximate surface area is 155 Å². The van der Waals surface area contributed by atoms with E-state index in [1.807, 2.05) is 10.9 Å². The zero-order valence-corrected chi connectivity index (χ0v) is 16.2. The number of hydrogen-bond donors (Lipinski definition) is 1. The predicted molar refractivity (Wildman–Crippen MR) is 98.4 cm³/mol. The first-order valence-electron chi connectivity index (χ1n) is 10.4. The highest BCUT2D eigenvalue weighted by atomic mass is 16.3. The van der Waals surface area contributed by atoms with Gasteiger partial charge in [-0.25, -0.2) is 4.68 Å². The molecule has 6 heteroatoms. The number of aromatic nitrogens is 3. The van der Waals surface area contributed by atoms with E-state index in [4.69, 9.17) is 0 Å². The fraction of sp³-hybridized carbons (Fsp3) is 0.850. The molecule has 2 heterocycles. The number of hydrogen-bond acceptors (Lipinski definition) is 4. The molecular formula is C20H32N4O2. The molecular weight excluding hydrogens is 328 g/mol. The molecule has 1 amide bonds. The normalized spacial score (nSPS) is 27.7. The highest BCUT2D eigenvalue weighted by Gasteiger charge is 2.56. The molecule has 0 spiro atoms. The maximum Gasteiger partial charge on any atom is 0.226 e. The quantitative estimate of drug-likeness (QED) is 0.876. The van der Waals surface area contributed by atoms with Crippen LogP contribution >= 0.6 is 0 Å². The molecule has 1 N–H and O–H groups in total. The summed E-state index contributed by atoms with van der Waals surface area (Å²) in [5.41, 5.74) is 0.234. The molecule has 26 heavy (non-hydrogen) atoms. The van der Waals surface area contributed by atoms with Crippen LogP contribution < -0.4 is 0 Å². The Morgan fingerprint density at radius 3 is 2.46 bits per heavy atom. The summed E-state index contributed by atoms with van der Waals surface area (Å²) in [6.45, 7) is 6.04. The minimum atomic E-state index is -0.773. The summed E-state index contributed by atoms with van der Waals surface area (Å²) in [5.74, 6) is 0.621. The van der Waals surface area contributed by atoms with E-state index < -0.39 is 5.60 Å². The second-order valence-corrected chi connectivity index (χ2v) is 8.71. The van der Waals surface area contributed by atoms with Crippen molar-refractivity contribution in [2.45, 2.75) is 83.3 Å². The first kappa shape index (κ1) is 18.0. The van der Waals surface area contributed by atoms with E-state index >= 15 is 0 Å². The van der Waals surface area contributed by atoms with Crippen LogP contribution in [-0.4, -0.2) is 44.0 Å². The number of piperidine rings is 1.